The largest absolute Gasteiger partial charge is 0.509 e. The molecule has 0 spiro atoms. The van der Waals surface area contributed by atoms with Gasteiger partial charge in [0.1, 0.15) is 5.82 Å². The van der Waals surface area contributed by atoms with E-state index >= 15 is 0 Å². The first-order chi connectivity index (χ1) is 28.9. The van der Waals surface area contributed by atoms with Gasteiger partial charge in [-0.05, 0) is 93.0 Å². The fourth-order valence-corrected chi connectivity index (χ4v) is 7.62. The zero-order valence-corrected chi connectivity index (χ0v) is 36.4. The molecule has 0 radical (unpaired) electrons. The third-order valence-corrected chi connectivity index (χ3v) is 10.7. The molecule has 8 rings (SSSR count). The van der Waals surface area contributed by atoms with Gasteiger partial charge in [-0.2, -0.15) is 18.8 Å². The Morgan fingerprint density at radius 2 is 1.44 bits per heavy atom. The van der Waals surface area contributed by atoms with E-state index in [-0.39, 0.29) is 55.0 Å². The third kappa shape index (κ3) is 7.64. The van der Waals surface area contributed by atoms with Crippen molar-refractivity contribution in [3.05, 3.63) is 155 Å². The topological polar surface area (TPSA) is 33.5 Å². The van der Waals surface area contributed by atoms with Gasteiger partial charge in [-0.1, -0.05) is 110 Å². The predicted molar refractivity (Wildman–Crippen MR) is 234 cm³/mol. The molecule has 0 aliphatic carbocycles. The summed E-state index contributed by atoms with van der Waals surface area (Å²) in [6, 6.07) is 38.1. The smallest absolute Gasteiger partial charge is 0.135 e. The van der Waals surface area contributed by atoms with E-state index in [4.69, 9.17) is 17.9 Å². The predicted octanol–water partition coefficient (Wildman–Crippen LogP) is 13.4. The van der Waals surface area contributed by atoms with Crippen LogP contribution < -0.4 is 14.5 Å². The number of hydrogen-bond donors (Lipinski definition) is 0. The Morgan fingerprint density at radius 3 is 2.18 bits per heavy atom. The molecule has 0 saturated carbocycles. The number of aromatic nitrogens is 2. The number of benzene rings is 5. The Morgan fingerprint density at radius 1 is 0.719 bits per heavy atom. The summed E-state index contributed by atoms with van der Waals surface area (Å²) < 4.78 is 59.5. The SMILES string of the molecule is [2H]C([2H])([2H])c1cc(C(C)(C)C)ccc1CN1[CH-]N(c2[c-]c(Oc3[c-]c4c(cc3)c3c(C(C)(C)C)cccc3n4-c3cc(C(C)(C)C)ccn3)ccc2)c2cccc(C([2H])([2H])[2H])c21.[Pt]. The summed E-state index contributed by atoms with van der Waals surface area (Å²) in [5, 5.41) is 2.19. The maximum Gasteiger partial charge on any atom is 0.135 e. The van der Waals surface area contributed by atoms with Crippen molar-refractivity contribution in [3.63, 3.8) is 0 Å². The van der Waals surface area contributed by atoms with Gasteiger partial charge in [-0.25, -0.2) is 4.98 Å². The van der Waals surface area contributed by atoms with Crippen LogP contribution in [0.25, 0.3) is 27.6 Å². The van der Waals surface area contributed by atoms with Crippen LogP contribution in [0.5, 0.6) is 11.5 Å². The van der Waals surface area contributed by atoms with Gasteiger partial charge in [0.25, 0.3) is 0 Å². The minimum Gasteiger partial charge on any atom is -0.509 e. The molecular formula is C51H53N4OPt-3. The summed E-state index contributed by atoms with van der Waals surface area (Å²) in [5.41, 5.74) is 7.44. The molecule has 5 aromatic carbocycles. The molecule has 2 aromatic heterocycles. The Balaban J connectivity index is 0.00000595. The Hall–Kier alpha value is -4.86. The summed E-state index contributed by atoms with van der Waals surface area (Å²) in [6.45, 7) is 16.6. The number of anilines is 3. The Labute approximate surface area is 362 Å². The molecule has 0 bridgehead atoms. The molecule has 57 heavy (non-hydrogen) atoms. The second kappa shape index (κ2) is 14.8. The van der Waals surface area contributed by atoms with Gasteiger partial charge >= 0.3 is 0 Å². The van der Waals surface area contributed by atoms with Gasteiger partial charge in [0.2, 0.25) is 0 Å². The van der Waals surface area contributed by atoms with Crippen molar-refractivity contribution in [2.75, 3.05) is 9.80 Å². The van der Waals surface area contributed by atoms with Crippen LogP contribution in [-0.2, 0) is 43.9 Å². The van der Waals surface area contributed by atoms with Crippen LogP contribution in [0, 0.1) is 32.5 Å². The number of nitrogens with zero attached hydrogens (tertiary/aromatic N) is 4. The number of para-hydroxylation sites is 1. The Kier molecular flexibility index (Phi) is 8.62. The quantitative estimate of drug-likeness (QED) is 0.156. The zero-order chi connectivity index (χ0) is 44.7. The molecule has 1 aliphatic heterocycles. The summed E-state index contributed by atoms with van der Waals surface area (Å²) in [5.74, 6) is 1.73. The van der Waals surface area contributed by atoms with Crippen LogP contribution in [0.15, 0.2) is 103 Å². The second-order valence-corrected chi connectivity index (χ2v) is 17.9. The van der Waals surface area contributed by atoms with Gasteiger partial charge in [0.05, 0.1) is 0 Å². The van der Waals surface area contributed by atoms with Gasteiger partial charge in [0, 0.05) is 70.4 Å². The fraction of sp³-hybridized carbons (Fsp3) is 0.294. The second-order valence-electron chi connectivity index (χ2n) is 17.9. The average molecular weight is 939 g/mol. The summed E-state index contributed by atoms with van der Waals surface area (Å²) in [4.78, 5) is 8.58. The molecule has 0 amide bonds. The molecular weight excluding hydrogens is 880 g/mol. The van der Waals surface area contributed by atoms with Crippen molar-refractivity contribution >= 4 is 38.9 Å². The van der Waals surface area contributed by atoms with Crippen molar-refractivity contribution in [3.8, 4) is 17.3 Å². The molecule has 0 unspecified atom stereocenters. The van der Waals surface area contributed by atoms with E-state index in [1.807, 2.05) is 85.9 Å². The van der Waals surface area contributed by atoms with Crippen molar-refractivity contribution in [2.45, 2.75) is 98.8 Å². The normalized spacial score (nSPS) is 15.3. The first-order valence-corrected chi connectivity index (χ1v) is 19.2. The van der Waals surface area contributed by atoms with Crippen LogP contribution in [0.4, 0.5) is 17.1 Å². The number of fused-ring (bicyclic) bond motifs is 4. The van der Waals surface area contributed by atoms with Gasteiger partial charge < -0.3 is 19.1 Å². The van der Waals surface area contributed by atoms with Crippen LogP contribution in [-0.4, -0.2) is 9.55 Å². The number of aryl methyl sites for hydroxylation is 2. The molecule has 0 fully saturated rings. The van der Waals surface area contributed by atoms with Crippen LogP contribution >= 0.6 is 0 Å². The van der Waals surface area contributed by atoms with E-state index in [2.05, 4.69) is 94.6 Å². The fourth-order valence-electron chi connectivity index (χ4n) is 7.62. The van der Waals surface area contributed by atoms with Gasteiger partial charge in [-0.15, -0.1) is 41.4 Å². The summed E-state index contributed by atoms with van der Waals surface area (Å²) >= 11 is 0. The molecule has 296 valence electrons. The molecule has 0 N–H and O–H groups in total. The standard InChI is InChI=1S/C51H53N4O.Pt/c1-33-15-12-20-44-48(33)53(31-35-21-22-36(27-34(35)2)49(3,4)5)32-54(44)38-16-13-17-39(29-38)56-40-23-24-41-45(30-40)55(46-28-37(25-26-52-46)50(6,7)8)43-19-14-18-42(47(41)43)51(9,10)11;/h12-28,32H,31H2,1-11H3;/q-3;/i1D3,2D3;. The molecule has 1 aliphatic rings. The third-order valence-electron chi connectivity index (χ3n) is 10.7. The van der Waals surface area contributed by atoms with Crippen molar-refractivity contribution in [1.82, 2.24) is 9.55 Å². The zero-order valence-electron chi connectivity index (χ0n) is 40.1. The average Bonchev–Trinajstić information content (AvgIpc) is 3.71. The molecule has 6 heteroatoms. The van der Waals surface area contributed by atoms with E-state index in [0.717, 1.165) is 33.2 Å². The minimum atomic E-state index is -2.43. The first-order valence-electron chi connectivity index (χ1n) is 22.2. The number of ether oxygens (including phenoxy) is 1. The first kappa shape index (κ1) is 33.1. The number of hydrogen-bond acceptors (Lipinski definition) is 4. The van der Waals surface area contributed by atoms with E-state index < -0.39 is 13.7 Å². The van der Waals surface area contributed by atoms with E-state index in [0.29, 0.717) is 34.1 Å². The van der Waals surface area contributed by atoms with E-state index in [1.165, 1.54) is 11.1 Å². The van der Waals surface area contributed by atoms with Crippen LogP contribution in [0.1, 0.15) is 104 Å². The summed E-state index contributed by atoms with van der Waals surface area (Å²) in [6.07, 6.45) is 1.87. The van der Waals surface area contributed by atoms with Crippen LogP contribution in [0.2, 0.25) is 0 Å². The summed E-state index contributed by atoms with van der Waals surface area (Å²) in [7, 11) is 0. The van der Waals surface area contributed by atoms with Gasteiger partial charge in [-0.3, -0.25) is 0 Å². The Bertz CT molecular complexity index is 2840. The minimum absolute atomic E-state index is 0. The maximum atomic E-state index is 8.47. The number of rotatable bonds is 6. The van der Waals surface area contributed by atoms with E-state index in [9.17, 15) is 0 Å². The van der Waals surface area contributed by atoms with Gasteiger partial charge in [0.15, 0.2) is 0 Å². The molecule has 3 heterocycles. The van der Waals surface area contributed by atoms with Crippen molar-refractivity contribution in [2.24, 2.45) is 0 Å². The molecule has 5 nitrogen and oxygen atoms in total. The van der Waals surface area contributed by atoms with Crippen molar-refractivity contribution < 1.29 is 34.0 Å². The molecule has 7 aromatic rings. The van der Waals surface area contributed by atoms with E-state index in [1.54, 1.807) is 18.2 Å². The number of pyridine rings is 1. The monoisotopic (exact) mass is 938 g/mol. The van der Waals surface area contributed by atoms with Crippen LogP contribution in [0.3, 0.4) is 0 Å². The maximum absolute atomic E-state index is 8.47. The van der Waals surface area contributed by atoms with Crippen molar-refractivity contribution in [1.29, 1.82) is 0 Å². The molecule has 0 saturated heterocycles. The molecule has 0 atom stereocenters.